The maximum atomic E-state index is 12.3. The van der Waals surface area contributed by atoms with E-state index in [9.17, 15) is 9.59 Å². The first kappa shape index (κ1) is 16.2. The Bertz CT molecular complexity index is 653. The van der Waals surface area contributed by atoms with Crippen LogP contribution in [0.25, 0.3) is 11.3 Å². The van der Waals surface area contributed by atoms with Crippen LogP contribution in [0.1, 0.15) is 33.9 Å². The molecule has 0 fully saturated rings. The number of rotatable bonds is 7. The molecule has 0 atom stereocenters. The molecule has 0 aliphatic rings. The molecule has 1 heterocycles. The lowest BCUT2D eigenvalue weighted by atomic mass is 10.1. The number of hydrogen-bond donors (Lipinski definition) is 2. The SMILES string of the molecule is Cc1nc(-c2ccccc2)c(C(=O)NCCCCC(=O)O)s1. The Kier molecular flexibility index (Phi) is 5.66. The third-order valence-corrected chi connectivity index (χ3v) is 4.06. The van der Waals surface area contributed by atoms with E-state index in [1.807, 2.05) is 37.3 Å². The lowest BCUT2D eigenvalue weighted by Gasteiger charge is -2.05. The number of amides is 1. The van der Waals surface area contributed by atoms with Gasteiger partial charge in [0.2, 0.25) is 0 Å². The van der Waals surface area contributed by atoms with Crippen molar-refractivity contribution in [2.45, 2.75) is 26.2 Å². The van der Waals surface area contributed by atoms with Crippen LogP contribution in [0.2, 0.25) is 0 Å². The summed E-state index contributed by atoms with van der Waals surface area (Å²) in [5.74, 6) is -0.962. The van der Waals surface area contributed by atoms with Crippen LogP contribution in [0.15, 0.2) is 30.3 Å². The fourth-order valence-electron chi connectivity index (χ4n) is 2.06. The summed E-state index contributed by atoms with van der Waals surface area (Å²) < 4.78 is 0. The third-order valence-electron chi connectivity index (χ3n) is 3.09. The van der Waals surface area contributed by atoms with Gasteiger partial charge >= 0.3 is 5.97 Å². The molecule has 22 heavy (non-hydrogen) atoms. The molecular weight excluding hydrogens is 300 g/mol. The Balaban J connectivity index is 2.00. The van der Waals surface area contributed by atoms with E-state index >= 15 is 0 Å². The molecule has 0 bridgehead atoms. The summed E-state index contributed by atoms with van der Waals surface area (Å²) in [6.45, 7) is 2.35. The van der Waals surface area contributed by atoms with E-state index in [0.29, 0.717) is 30.0 Å². The van der Waals surface area contributed by atoms with Crippen molar-refractivity contribution in [1.82, 2.24) is 10.3 Å². The van der Waals surface area contributed by atoms with Gasteiger partial charge in [-0.25, -0.2) is 4.98 Å². The zero-order chi connectivity index (χ0) is 15.9. The van der Waals surface area contributed by atoms with Gasteiger partial charge in [0, 0.05) is 18.5 Å². The van der Waals surface area contributed by atoms with Crippen molar-refractivity contribution in [3.05, 3.63) is 40.2 Å². The smallest absolute Gasteiger partial charge is 0.303 e. The van der Waals surface area contributed by atoms with Gasteiger partial charge in [0.15, 0.2) is 0 Å². The van der Waals surface area contributed by atoms with E-state index in [-0.39, 0.29) is 12.3 Å². The highest BCUT2D eigenvalue weighted by molar-refractivity contribution is 7.14. The molecule has 0 aliphatic carbocycles. The molecule has 0 radical (unpaired) electrons. The van der Waals surface area contributed by atoms with Crippen molar-refractivity contribution in [2.75, 3.05) is 6.54 Å². The monoisotopic (exact) mass is 318 g/mol. The molecule has 0 saturated heterocycles. The van der Waals surface area contributed by atoms with Gasteiger partial charge in [0.25, 0.3) is 5.91 Å². The number of aryl methyl sites for hydroxylation is 1. The number of nitrogens with one attached hydrogen (secondary N) is 1. The van der Waals surface area contributed by atoms with Crippen LogP contribution >= 0.6 is 11.3 Å². The maximum absolute atomic E-state index is 12.3. The molecule has 0 saturated carbocycles. The second kappa shape index (κ2) is 7.70. The minimum atomic E-state index is -0.809. The number of carbonyl (C=O) groups is 2. The van der Waals surface area contributed by atoms with Gasteiger partial charge in [-0.15, -0.1) is 11.3 Å². The number of carbonyl (C=O) groups excluding carboxylic acids is 1. The highest BCUT2D eigenvalue weighted by atomic mass is 32.1. The van der Waals surface area contributed by atoms with E-state index in [1.165, 1.54) is 11.3 Å². The van der Waals surface area contributed by atoms with E-state index in [4.69, 9.17) is 5.11 Å². The van der Waals surface area contributed by atoms with E-state index in [0.717, 1.165) is 10.6 Å². The van der Waals surface area contributed by atoms with Crippen LogP contribution in [0.5, 0.6) is 0 Å². The Morgan fingerprint density at radius 3 is 2.64 bits per heavy atom. The van der Waals surface area contributed by atoms with Crippen molar-refractivity contribution in [1.29, 1.82) is 0 Å². The van der Waals surface area contributed by atoms with E-state index in [2.05, 4.69) is 10.3 Å². The van der Waals surface area contributed by atoms with Crippen molar-refractivity contribution < 1.29 is 14.7 Å². The summed E-state index contributed by atoms with van der Waals surface area (Å²) in [7, 11) is 0. The topological polar surface area (TPSA) is 79.3 Å². The summed E-state index contributed by atoms with van der Waals surface area (Å²) >= 11 is 1.37. The number of carboxylic acids is 1. The summed E-state index contributed by atoms with van der Waals surface area (Å²) in [6, 6.07) is 9.61. The average molecular weight is 318 g/mol. The van der Waals surface area contributed by atoms with E-state index < -0.39 is 5.97 Å². The lowest BCUT2D eigenvalue weighted by molar-refractivity contribution is -0.137. The van der Waals surface area contributed by atoms with Gasteiger partial charge in [-0.05, 0) is 19.8 Å². The van der Waals surface area contributed by atoms with Crippen LogP contribution in [0.3, 0.4) is 0 Å². The van der Waals surface area contributed by atoms with Gasteiger partial charge in [-0.1, -0.05) is 30.3 Å². The van der Waals surface area contributed by atoms with Gasteiger partial charge in [0.1, 0.15) is 4.88 Å². The molecule has 0 unspecified atom stereocenters. The molecule has 1 aromatic carbocycles. The predicted octanol–water partition coefficient (Wildman–Crippen LogP) is 3.10. The number of thiazole rings is 1. The highest BCUT2D eigenvalue weighted by Crippen LogP contribution is 2.27. The third kappa shape index (κ3) is 4.39. The second-order valence-electron chi connectivity index (χ2n) is 4.88. The Labute approximate surface area is 133 Å². The van der Waals surface area contributed by atoms with E-state index in [1.54, 1.807) is 0 Å². The molecule has 0 aliphatic heterocycles. The quantitative estimate of drug-likeness (QED) is 0.769. The summed E-state index contributed by atoms with van der Waals surface area (Å²) in [5.41, 5.74) is 1.62. The lowest BCUT2D eigenvalue weighted by Crippen LogP contribution is -2.24. The minimum absolute atomic E-state index is 0.130. The maximum Gasteiger partial charge on any atom is 0.303 e. The molecule has 116 valence electrons. The molecule has 2 aromatic rings. The molecule has 1 amide bonds. The van der Waals surface area contributed by atoms with Gasteiger partial charge in [-0.2, -0.15) is 0 Å². The number of carboxylic acid groups (broad SMARTS) is 1. The number of nitrogens with zero attached hydrogens (tertiary/aromatic N) is 1. The van der Waals surface area contributed by atoms with Crippen LogP contribution in [0, 0.1) is 6.92 Å². The molecule has 5 nitrogen and oxygen atoms in total. The standard InChI is InChI=1S/C16H18N2O3S/c1-11-18-14(12-7-3-2-4-8-12)15(22-11)16(21)17-10-6-5-9-13(19)20/h2-4,7-8H,5-6,9-10H2,1H3,(H,17,21)(H,19,20). The summed E-state index contributed by atoms with van der Waals surface area (Å²) in [5, 5.41) is 12.2. The first-order valence-electron chi connectivity index (χ1n) is 7.11. The molecule has 0 spiro atoms. The van der Waals surface area contributed by atoms with Gasteiger partial charge < -0.3 is 10.4 Å². The van der Waals surface area contributed by atoms with Gasteiger partial charge in [0.05, 0.1) is 10.7 Å². The minimum Gasteiger partial charge on any atom is -0.481 e. The largest absolute Gasteiger partial charge is 0.481 e. The molecule has 1 aromatic heterocycles. The fraction of sp³-hybridized carbons (Fsp3) is 0.312. The summed E-state index contributed by atoms with van der Waals surface area (Å²) in [4.78, 5) is 27.8. The zero-order valence-corrected chi connectivity index (χ0v) is 13.2. The number of unbranched alkanes of at least 4 members (excludes halogenated alkanes) is 1. The Hall–Kier alpha value is -2.21. The van der Waals surface area contributed by atoms with Crippen LogP contribution < -0.4 is 5.32 Å². The molecular formula is C16H18N2O3S. The van der Waals surface area contributed by atoms with Crippen LogP contribution in [-0.4, -0.2) is 28.5 Å². The first-order chi connectivity index (χ1) is 10.6. The normalized spacial score (nSPS) is 10.4. The zero-order valence-electron chi connectivity index (χ0n) is 12.3. The van der Waals surface area contributed by atoms with Crippen molar-refractivity contribution in [3.8, 4) is 11.3 Å². The number of aromatic nitrogens is 1. The van der Waals surface area contributed by atoms with Crippen LogP contribution in [-0.2, 0) is 4.79 Å². The van der Waals surface area contributed by atoms with Crippen LogP contribution in [0.4, 0.5) is 0 Å². The Morgan fingerprint density at radius 2 is 1.95 bits per heavy atom. The molecule has 6 heteroatoms. The van der Waals surface area contributed by atoms with Crippen molar-refractivity contribution in [3.63, 3.8) is 0 Å². The highest BCUT2D eigenvalue weighted by Gasteiger charge is 2.17. The number of aliphatic carboxylic acids is 1. The second-order valence-corrected chi connectivity index (χ2v) is 6.09. The molecule has 2 rings (SSSR count). The number of hydrogen-bond acceptors (Lipinski definition) is 4. The Morgan fingerprint density at radius 1 is 1.23 bits per heavy atom. The summed E-state index contributed by atoms with van der Waals surface area (Å²) in [6.07, 6.45) is 1.34. The van der Waals surface area contributed by atoms with Crippen molar-refractivity contribution in [2.24, 2.45) is 0 Å². The fourth-order valence-corrected chi connectivity index (χ4v) is 2.91. The predicted molar refractivity (Wildman–Crippen MR) is 86.1 cm³/mol. The molecule has 2 N–H and O–H groups in total. The first-order valence-corrected chi connectivity index (χ1v) is 7.92. The average Bonchev–Trinajstić information content (AvgIpc) is 2.89. The van der Waals surface area contributed by atoms with Crippen molar-refractivity contribution >= 4 is 23.2 Å². The number of benzene rings is 1. The van der Waals surface area contributed by atoms with Gasteiger partial charge in [-0.3, -0.25) is 9.59 Å².